The van der Waals surface area contributed by atoms with E-state index in [9.17, 15) is 8.42 Å². The van der Waals surface area contributed by atoms with Crippen molar-refractivity contribution in [2.45, 2.75) is 0 Å². The molecule has 0 rings (SSSR count). The third kappa shape index (κ3) is 21.3. The molecule has 23 heavy (non-hydrogen) atoms. The number of hydrogen-bond acceptors (Lipinski definition) is 8. The molecule has 0 aliphatic carbocycles. The summed E-state index contributed by atoms with van der Waals surface area (Å²) in [6.07, 6.45) is 6.02. The Morgan fingerprint density at radius 3 is 1.39 bits per heavy atom. The Morgan fingerprint density at radius 2 is 1.04 bits per heavy atom. The van der Waals surface area contributed by atoms with Crippen molar-refractivity contribution in [3.05, 3.63) is 0 Å². The summed E-state index contributed by atoms with van der Waals surface area (Å²) in [5, 5.41) is 0. The van der Waals surface area contributed by atoms with Crippen molar-refractivity contribution in [2.24, 2.45) is 0 Å². The van der Waals surface area contributed by atoms with Crippen LogP contribution < -0.4 is 0 Å². The molecule has 0 heterocycles. The molecule has 0 fully saturated rings. The summed E-state index contributed by atoms with van der Waals surface area (Å²) in [4.78, 5) is 0. The highest BCUT2D eigenvalue weighted by Crippen LogP contribution is 1.87. The number of rotatable bonds is 17. The van der Waals surface area contributed by atoms with Gasteiger partial charge in [0.2, 0.25) is 0 Å². The smallest absolute Gasteiger partial charge is 0.264 e. The fourth-order valence-corrected chi connectivity index (χ4v) is 1.63. The van der Waals surface area contributed by atoms with Gasteiger partial charge in [-0.3, -0.25) is 4.18 Å². The zero-order chi connectivity index (χ0) is 17.2. The standard InChI is InChI=1S/C14H26O8S/c1-3-4-17-5-6-18-7-8-19-9-10-20-11-12-21-13-14-22-23(2,15)16/h1H,4-14H2,2H3. The first-order chi connectivity index (χ1) is 11.1. The average molecular weight is 354 g/mol. The average Bonchev–Trinajstić information content (AvgIpc) is 2.49. The fourth-order valence-electron chi connectivity index (χ4n) is 1.26. The Balaban J connectivity index is 3.04. The van der Waals surface area contributed by atoms with Crippen molar-refractivity contribution >= 4 is 10.1 Å². The normalized spacial score (nSPS) is 11.5. The second-order valence-corrected chi connectivity index (χ2v) is 5.88. The minimum Gasteiger partial charge on any atom is -0.377 e. The highest BCUT2D eigenvalue weighted by molar-refractivity contribution is 7.85. The fraction of sp³-hybridized carbons (Fsp3) is 0.857. The van der Waals surface area contributed by atoms with Gasteiger partial charge in [-0.25, -0.2) is 0 Å². The van der Waals surface area contributed by atoms with Gasteiger partial charge in [0, 0.05) is 0 Å². The molecule has 0 saturated carbocycles. The molecule has 0 aromatic heterocycles. The molecule has 0 aliphatic rings. The largest absolute Gasteiger partial charge is 0.377 e. The number of terminal acetylenes is 1. The molecule has 8 nitrogen and oxygen atoms in total. The lowest BCUT2D eigenvalue weighted by molar-refractivity contribution is -0.0108. The lowest BCUT2D eigenvalue weighted by Crippen LogP contribution is -2.14. The van der Waals surface area contributed by atoms with Gasteiger partial charge in [0.1, 0.15) is 6.61 Å². The second kappa shape index (κ2) is 16.1. The van der Waals surface area contributed by atoms with Gasteiger partial charge in [0.25, 0.3) is 10.1 Å². The Morgan fingerprint density at radius 1 is 0.696 bits per heavy atom. The van der Waals surface area contributed by atoms with E-state index in [0.29, 0.717) is 59.5 Å². The Bertz CT molecular complexity index is 390. The van der Waals surface area contributed by atoms with Gasteiger partial charge >= 0.3 is 0 Å². The van der Waals surface area contributed by atoms with Gasteiger partial charge in [-0.1, -0.05) is 5.92 Å². The van der Waals surface area contributed by atoms with E-state index >= 15 is 0 Å². The van der Waals surface area contributed by atoms with Crippen molar-refractivity contribution < 1.29 is 36.3 Å². The first-order valence-electron chi connectivity index (χ1n) is 7.23. The topological polar surface area (TPSA) is 89.5 Å². The van der Waals surface area contributed by atoms with Gasteiger partial charge in [0.15, 0.2) is 0 Å². The van der Waals surface area contributed by atoms with Crippen molar-refractivity contribution in [2.75, 3.05) is 78.9 Å². The molecule has 0 aromatic rings. The first kappa shape index (κ1) is 22.3. The maximum absolute atomic E-state index is 10.7. The molecule has 0 aromatic carbocycles. The lowest BCUT2D eigenvalue weighted by atomic mass is 10.7. The summed E-state index contributed by atoms with van der Waals surface area (Å²) in [5.41, 5.74) is 0. The summed E-state index contributed by atoms with van der Waals surface area (Å²) < 4.78 is 51.8. The first-order valence-corrected chi connectivity index (χ1v) is 9.04. The molecule has 136 valence electrons. The van der Waals surface area contributed by atoms with Crippen LogP contribution in [-0.4, -0.2) is 87.3 Å². The van der Waals surface area contributed by atoms with Crippen LogP contribution >= 0.6 is 0 Å². The van der Waals surface area contributed by atoms with Gasteiger partial charge in [-0.05, 0) is 0 Å². The summed E-state index contributed by atoms with van der Waals surface area (Å²) in [6.45, 7) is 4.14. The molecule has 0 amide bonds. The molecule has 0 bridgehead atoms. The monoisotopic (exact) mass is 354 g/mol. The van der Waals surface area contributed by atoms with Crippen molar-refractivity contribution in [1.29, 1.82) is 0 Å². The van der Waals surface area contributed by atoms with Crippen LogP contribution in [0.25, 0.3) is 0 Å². The van der Waals surface area contributed by atoms with Crippen LogP contribution in [0.1, 0.15) is 0 Å². The van der Waals surface area contributed by atoms with Crippen LogP contribution in [0.4, 0.5) is 0 Å². The van der Waals surface area contributed by atoms with Crippen LogP contribution in [0.5, 0.6) is 0 Å². The van der Waals surface area contributed by atoms with E-state index in [1.807, 2.05) is 0 Å². The predicted octanol–water partition coefficient (Wildman–Crippen LogP) is -0.321. The van der Waals surface area contributed by atoms with E-state index in [1.165, 1.54) is 0 Å². The Kier molecular flexibility index (Phi) is 15.6. The Labute approximate surface area is 138 Å². The highest BCUT2D eigenvalue weighted by Gasteiger charge is 2.00. The molecule has 9 heteroatoms. The molecule has 0 saturated heterocycles. The Hall–Kier alpha value is -0.730. The van der Waals surface area contributed by atoms with Crippen LogP contribution in [0.15, 0.2) is 0 Å². The third-order valence-electron chi connectivity index (χ3n) is 2.20. The number of hydrogen-bond donors (Lipinski definition) is 0. The van der Waals surface area contributed by atoms with Crippen LogP contribution in [0.2, 0.25) is 0 Å². The molecular formula is C14H26O8S. The summed E-state index contributed by atoms with van der Waals surface area (Å²) in [6, 6.07) is 0. The zero-order valence-electron chi connectivity index (χ0n) is 13.5. The summed E-state index contributed by atoms with van der Waals surface area (Å²) in [5.74, 6) is 2.37. The summed E-state index contributed by atoms with van der Waals surface area (Å²) in [7, 11) is -3.40. The molecule has 0 aliphatic heterocycles. The van der Waals surface area contributed by atoms with Crippen LogP contribution in [-0.2, 0) is 38.0 Å². The van der Waals surface area contributed by atoms with E-state index in [4.69, 9.17) is 30.1 Å². The summed E-state index contributed by atoms with van der Waals surface area (Å²) >= 11 is 0. The van der Waals surface area contributed by atoms with E-state index in [-0.39, 0.29) is 13.2 Å². The van der Waals surface area contributed by atoms with Crippen molar-refractivity contribution in [3.8, 4) is 12.3 Å². The molecule has 0 unspecified atom stereocenters. The maximum Gasteiger partial charge on any atom is 0.264 e. The quantitative estimate of drug-likeness (QED) is 0.199. The predicted molar refractivity (Wildman–Crippen MR) is 83.7 cm³/mol. The molecule has 0 spiro atoms. The molecular weight excluding hydrogens is 328 g/mol. The molecule has 0 atom stereocenters. The second-order valence-electron chi connectivity index (χ2n) is 4.23. The van der Waals surface area contributed by atoms with Crippen molar-refractivity contribution in [1.82, 2.24) is 0 Å². The third-order valence-corrected chi connectivity index (χ3v) is 2.79. The van der Waals surface area contributed by atoms with Gasteiger partial charge in [-0.15, -0.1) is 6.42 Å². The zero-order valence-corrected chi connectivity index (χ0v) is 14.3. The number of ether oxygens (including phenoxy) is 5. The van der Waals surface area contributed by atoms with E-state index < -0.39 is 10.1 Å². The van der Waals surface area contributed by atoms with Gasteiger partial charge < -0.3 is 23.7 Å². The lowest BCUT2D eigenvalue weighted by Gasteiger charge is -2.07. The van der Waals surface area contributed by atoms with Gasteiger partial charge in [-0.2, -0.15) is 8.42 Å². The molecule has 0 N–H and O–H groups in total. The van der Waals surface area contributed by atoms with E-state index in [0.717, 1.165) is 6.26 Å². The van der Waals surface area contributed by atoms with Gasteiger partial charge in [0.05, 0.1) is 72.3 Å². The van der Waals surface area contributed by atoms with Crippen LogP contribution in [0, 0.1) is 12.3 Å². The van der Waals surface area contributed by atoms with E-state index in [1.54, 1.807) is 0 Å². The minimum absolute atomic E-state index is 0.00964. The van der Waals surface area contributed by atoms with Crippen LogP contribution in [0.3, 0.4) is 0 Å². The molecule has 0 radical (unpaired) electrons. The SMILES string of the molecule is C#CCOCCOCCOCCOCCOCCOS(C)(=O)=O. The van der Waals surface area contributed by atoms with E-state index in [2.05, 4.69) is 10.1 Å². The minimum atomic E-state index is -3.40. The highest BCUT2D eigenvalue weighted by atomic mass is 32.2. The maximum atomic E-state index is 10.7. The van der Waals surface area contributed by atoms with Crippen molar-refractivity contribution in [3.63, 3.8) is 0 Å².